The molecule has 15 heavy (non-hydrogen) atoms. The zero-order valence-corrected chi connectivity index (χ0v) is 9.96. The van der Waals surface area contributed by atoms with Crippen LogP contribution in [-0.4, -0.2) is 0 Å². The third-order valence-corrected chi connectivity index (χ3v) is 2.71. The molecule has 0 radical (unpaired) electrons. The van der Waals surface area contributed by atoms with Gasteiger partial charge < -0.3 is 5.73 Å². The molecule has 0 heterocycles. The Morgan fingerprint density at radius 1 is 1.27 bits per heavy atom. The number of hydrogen-bond donors (Lipinski definition) is 1. The van der Waals surface area contributed by atoms with E-state index in [9.17, 15) is 0 Å². The number of rotatable bonds is 4. The molecule has 2 N–H and O–H groups in total. The van der Waals surface area contributed by atoms with Crippen molar-refractivity contribution in [1.29, 1.82) is 0 Å². The number of allylic oxidation sites excluding steroid dienone is 2. The summed E-state index contributed by atoms with van der Waals surface area (Å²) in [5, 5.41) is 0. The standard InChI is InChI=1S/C14H21N/c1-4-12(6-5-11(2)3)13-7-9-14(15)10-8-13/h5,7-10,12H,4,6,15H2,1-3H3. The molecular formula is C14H21N. The van der Waals surface area contributed by atoms with Crippen molar-refractivity contribution >= 4 is 5.69 Å². The molecule has 0 saturated carbocycles. The first-order valence-electron chi connectivity index (χ1n) is 5.62. The van der Waals surface area contributed by atoms with Gasteiger partial charge in [-0.25, -0.2) is 0 Å². The summed E-state index contributed by atoms with van der Waals surface area (Å²) in [7, 11) is 0. The smallest absolute Gasteiger partial charge is 0.0314 e. The van der Waals surface area contributed by atoms with Gasteiger partial charge in [-0.3, -0.25) is 0 Å². The van der Waals surface area contributed by atoms with Crippen LogP contribution in [0.15, 0.2) is 35.9 Å². The summed E-state index contributed by atoms with van der Waals surface area (Å²) in [6.45, 7) is 6.53. The highest BCUT2D eigenvalue weighted by molar-refractivity contribution is 5.40. The van der Waals surface area contributed by atoms with Gasteiger partial charge in [0.2, 0.25) is 0 Å². The summed E-state index contributed by atoms with van der Waals surface area (Å²) in [5.74, 6) is 0.625. The summed E-state index contributed by atoms with van der Waals surface area (Å²) in [6, 6.07) is 8.26. The van der Waals surface area contributed by atoms with Crippen LogP contribution in [0.4, 0.5) is 5.69 Å². The molecule has 1 rings (SSSR count). The quantitative estimate of drug-likeness (QED) is 0.578. The lowest BCUT2D eigenvalue weighted by molar-refractivity contribution is 0.672. The van der Waals surface area contributed by atoms with Gasteiger partial charge in [-0.05, 0) is 50.3 Å². The fraction of sp³-hybridized carbons (Fsp3) is 0.429. The molecule has 82 valence electrons. The largest absolute Gasteiger partial charge is 0.399 e. The molecule has 1 atom stereocenters. The monoisotopic (exact) mass is 203 g/mol. The van der Waals surface area contributed by atoms with Gasteiger partial charge >= 0.3 is 0 Å². The second-order valence-corrected chi connectivity index (χ2v) is 4.29. The number of benzene rings is 1. The van der Waals surface area contributed by atoms with Crippen molar-refractivity contribution in [3.8, 4) is 0 Å². The van der Waals surface area contributed by atoms with Gasteiger partial charge in [0.05, 0.1) is 0 Å². The van der Waals surface area contributed by atoms with E-state index in [1.165, 1.54) is 17.6 Å². The van der Waals surface area contributed by atoms with Crippen LogP contribution in [-0.2, 0) is 0 Å². The molecule has 1 nitrogen and oxygen atoms in total. The van der Waals surface area contributed by atoms with Crippen molar-refractivity contribution in [1.82, 2.24) is 0 Å². The topological polar surface area (TPSA) is 26.0 Å². The summed E-state index contributed by atoms with van der Waals surface area (Å²) in [4.78, 5) is 0. The number of anilines is 1. The highest BCUT2D eigenvalue weighted by atomic mass is 14.5. The fourth-order valence-corrected chi connectivity index (χ4v) is 1.68. The van der Waals surface area contributed by atoms with E-state index in [4.69, 9.17) is 5.73 Å². The van der Waals surface area contributed by atoms with Crippen LogP contribution in [0.3, 0.4) is 0 Å². The van der Waals surface area contributed by atoms with E-state index in [1.807, 2.05) is 12.1 Å². The van der Waals surface area contributed by atoms with Gasteiger partial charge in [-0.15, -0.1) is 0 Å². The van der Waals surface area contributed by atoms with Crippen LogP contribution >= 0.6 is 0 Å². The van der Waals surface area contributed by atoms with Gasteiger partial charge in [0.25, 0.3) is 0 Å². The van der Waals surface area contributed by atoms with Gasteiger partial charge in [-0.1, -0.05) is 30.7 Å². The Hall–Kier alpha value is -1.24. The van der Waals surface area contributed by atoms with E-state index in [-0.39, 0.29) is 0 Å². The Balaban J connectivity index is 2.74. The zero-order valence-electron chi connectivity index (χ0n) is 9.96. The van der Waals surface area contributed by atoms with Gasteiger partial charge in [0, 0.05) is 5.69 Å². The van der Waals surface area contributed by atoms with E-state index in [2.05, 4.69) is 39.0 Å². The molecular weight excluding hydrogens is 182 g/mol. The molecule has 0 aliphatic heterocycles. The van der Waals surface area contributed by atoms with Crippen LogP contribution in [0.25, 0.3) is 0 Å². The first kappa shape index (κ1) is 11.8. The van der Waals surface area contributed by atoms with Gasteiger partial charge in [0.15, 0.2) is 0 Å². The summed E-state index contributed by atoms with van der Waals surface area (Å²) >= 11 is 0. The fourth-order valence-electron chi connectivity index (χ4n) is 1.68. The molecule has 1 unspecified atom stereocenters. The van der Waals surface area contributed by atoms with Crippen LogP contribution < -0.4 is 5.73 Å². The van der Waals surface area contributed by atoms with Crippen molar-refractivity contribution in [3.63, 3.8) is 0 Å². The molecule has 0 amide bonds. The van der Waals surface area contributed by atoms with Gasteiger partial charge in [0.1, 0.15) is 0 Å². The number of nitrogen functional groups attached to an aromatic ring is 1. The number of hydrogen-bond acceptors (Lipinski definition) is 1. The van der Waals surface area contributed by atoms with Crippen molar-refractivity contribution < 1.29 is 0 Å². The molecule has 0 spiro atoms. The average Bonchev–Trinajstić information content (AvgIpc) is 2.21. The summed E-state index contributed by atoms with van der Waals surface area (Å²) in [6.07, 6.45) is 4.61. The predicted octanol–water partition coefficient (Wildman–Crippen LogP) is 4.12. The predicted molar refractivity (Wildman–Crippen MR) is 67.9 cm³/mol. The second kappa shape index (κ2) is 5.59. The normalized spacial score (nSPS) is 12.2. The Morgan fingerprint density at radius 2 is 1.87 bits per heavy atom. The van der Waals surface area contributed by atoms with E-state index in [0.29, 0.717) is 5.92 Å². The SMILES string of the molecule is CCC(CC=C(C)C)c1ccc(N)cc1. The average molecular weight is 203 g/mol. The van der Waals surface area contributed by atoms with E-state index in [0.717, 1.165) is 12.1 Å². The zero-order chi connectivity index (χ0) is 11.3. The first-order chi connectivity index (χ1) is 7.13. The van der Waals surface area contributed by atoms with Crippen molar-refractivity contribution in [3.05, 3.63) is 41.5 Å². The third-order valence-electron chi connectivity index (χ3n) is 2.71. The second-order valence-electron chi connectivity index (χ2n) is 4.29. The minimum atomic E-state index is 0.625. The highest BCUT2D eigenvalue weighted by Crippen LogP contribution is 2.24. The maximum Gasteiger partial charge on any atom is 0.0314 e. The molecule has 0 bridgehead atoms. The van der Waals surface area contributed by atoms with Crippen LogP contribution in [0.5, 0.6) is 0 Å². The van der Waals surface area contributed by atoms with E-state index in [1.54, 1.807) is 0 Å². The van der Waals surface area contributed by atoms with Crippen LogP contribution in [0.2, 0.25) is 0 Å². The maximum atomic E-state index is 5.68. The highest BCUT2D eigenvalue weighted by Gasteiger charge is 2.06. The minimum Gasteiger partial charge on any atom is -0.399 e. The lowest BCUT2D eigenvalue weighted by Crippen LogP contribution is -1.96. The Kier molecular flexibility index (Phi) is 4.41. The lowest BCUT2D eigenvalue weighted by Gasteiger charge is -2.13. The third kappa shape index (κ3) is 3.78. The van der Waals surface area contributed by atoms with E-state index < -0.39 is 0 Å². The molecule has 0 aromatic heterocycles. The summed E-state index contributed by atoms with van der Waals surface area (Å²) < 4.78 is 0. The van der Waals surface area contributed by atoms with Crippen molar-refractivity contribution in [2.75, 3.05) is 5.73 Å². The van der Waals surface area contributed by atoms with Crippen molar-refractivity contribution in [2.45, 2.75) is 39.5 Å². The van der Waals surface area contributed by atoms with Crippen molar-refractivity contribution in [2.24, 2.45) is 0 Å². The molecule has 1 aromatic carbocycles. The Labute approximate surface area is 93.0 Å². The molecule has 0 aliphatic carbocycles. The number of nitrogens with two attached hydrogens (primary N) is 1. The molecule has 1 aromatic rings. The van der Waals surface area contributed by atoms with E-state index >= 15 is 0 Å². The maximum absolute atomic E-state index is 5.68. The lowest BCUT2D eigenvalue weighted by atomic mass is 9.92. The van der Waals surface area contributed by atoms with Gasteiger partial charge in [-0.2, -0.15) is 0 Å². The minimum absolute atomic E-state index is 0.625. The van der Waals surface area contributed by atoms with Crippen LogP contribution in [0.1, 0.15) is 45.1 Å². The van der Waals surface area contributed by atoms with Crippen LogP contribution in [0, 0.1) is 0 Å². The first-order valence-corrected chi connectivity index (χ1v) is 5.62. The summed E-state index contributed by atoms with van der Waals surface area (Å²) in [5.41, 5.74) is 9.31. The molecule has 1 heteroatoms. The Morgan fingerprint density at radius 3 is 2.33 bits per heavy atom. The molecule has 0 aliphatic rings. The molecule has 0 saturated heterocycles. The Bertz CT molecular complexity index is 318. The molecule has 0 fully saturated rings.